The number of hydrogen-bond donors (Lipinski definition) is 1. The van der Waals surface area contributed by atoms with Gasteiger partial charge >= 0.3 is 0 Å². The molecule has 1 saturated heterocycles. The molecule has 1 aliphatic heterocycles. The van der Waals surface area contributed by atoms with Crippen LogP contribution in [0.3, 0.4) is 0 Å². The van der Waals surface area contributed by atoms with Crippen molar-refractivity contribution in [3.05, 3.63) is 30.1 Å². The second-order valence-corrected chi connectivity index (χ2v) is 5.28. The Morgan fingerprint density at radius 2 is 1.84 bits per heavy atom. The quantitative estimate of drug-likeness (QED) is 0.903. The van der Waals surface area contributed by atoms with Crippen molar-refractivity contribution in [1.82, 2.24) is 15.2 Å². The Labute approximate surface area is 115 Å². The Morgan fingerprint density at radius 1 is 1.21 bits per heavy atom. The zero-order chi connectivity index (χ0) is 13.7. The van der Waals surface area contributed by atoms with E-state index in [1.807, 2.05) is 24.0 Å². The van der Waals surface area contributed by atoms with Crippen molar-refractivity contribution in [2.24, 2.45) is 0 Å². The molecule has 2 atom stereocenters. The summed E-state index contributed by atoms with van der Waals surface area (Å²) in [5.41, 5.74) is 1.16. The predicted molar refractivity (Wildman–Crippen MR) is 75.7 cm³/mol. The number of likely N-dealkylation sites (tertiary alicyclic amines) is 1. The molecule has 0 saturated carbocycles. The highest BCUT2D eigenvalue weighted by atomic mass is 16.2. The lowest BCUT2D eigenvalue weighted by atomic mass is 10.1. The van der Waals surface area contributed by atoms with Gasteiger partial charge in [-0.1, -0.05) is 0 Å². The maximum Gasteiger partial charge on any atom is 0.239 e. The van der Waals surface area contributed by atoms with E-state index in [9.17, 15) is 4.79 Å². The van der Waals surface area contributed by atoms with Crippen LogP contribution in [0.15, 0.2) is 24.5 Å². The van der Waals surface area contributed by atoms with Crippen molar-refractivity contribution in [2.75, 3.05) is 13.1 Å². The van der Waals surface area contributed by atoms with Crippen LogP contribution in [0.1, 0.15) is 44.7 Å². The molecule has 1 N–H and O–H groups in total. The lowest BCUT2D eigenvalue weighted by molar-refractivity contribution is -0.134. The molecule has 1 fully saturated rings. The fourth-order valence-corrected chi connectivity index (χ4v) is 2.58. The van der Waals surface area contributed by atoms with Crippen molar-refractivity contribution in [3.63, 3.8) is 0 Å². The van der Waals surface area contributed by atoms with Gasteiger partial charge in [0.15, 0.2) is 0 Å². The lowest BCUT2D eigenvalue weighted by Gasteiger charge is -2.30. The van der Waals surface area contributed by atoms with Gasteiger partial charge in [-0.25, -0.2) is 0 Å². The standard InChI is InChI=1S/C15H23N3O/c1-12(14-6-8-16-9-7-14)17-13(2)15(19)18-10-4-3-5-11-18/h6-9,12-13,17H,3-5,10-11H2,1-2H3/t12-,13?/m1/s1. The van der Waals surface area contributed by atoms with E-state index in [1.54, 1.807) is 12.4 Å². The number of nitrogens with zero attached hydrogens (tertiary/aromatic N) is 2. The van der Waals surface area contributed by atoms with Gasteiger partial charge in [0.1, 0.15) is 0 Å². The van der Waals surface area contributed by atoms with Gasteiger partial charge in [-0.15, -0.1) is 0 Å². The molecular formula is C15H23N3O. The molecule has 2 rings (SSSR count). The third kappa shape index (κ3) is 3.77. The lowest BCUT2D eigenvalue weighted by Crippen LogP contribution is -2.47. The predicted octanol–water partition coefficient (Wildman–Crippen LogP) is 2.13. The van der Waals surface area contributed by atoms with Crippen LogP contribution in [-0.2, 0) is 4.79 Å². The third-order valence-electron chi connectivity index (χ3n) is 3.74. The molecule has 19 heavy (non-hydrogen) atoms. The number of amides is 1. The van der Waals surface area contributed by atoms with Crippen LogP contribution in [0, 0.1) is 0 Å². The Bertz CT molecular complexity index is 401. The largest absolute Gasteiger partial charge is 0.341 e. The van der Waals surface area contributed by atoms with Crippen LogP contribution in [0.25, 0.3) is 0 Å². The number of aromatic nitrogens is 1. The van der Waals surface area contributed by atoms with Crippen molar-refractivity contribution in [2.45, 2.75) is 45.2 Å². The summed E-state index contributed by atoms with van der Waals surface area (Å²) in [7, 11) is 0. The number of piperidine rings is 1. The molecule has 0 spiro atoms. The molecule has 4 nitrogen and oxygen atoms in total. The number of carbonyl (C=O) groups is 1. The average Bonchev–Trinajstić information content (AvgIpc) is 2.48. The Balaban J connectivity index is 1.89. The van der Waals surface area contributed by atoms with Crippen molar-refractivity contribution in [3.8, 4) is 0 Å². The van der Waals surface area contributed by atoms with Crippen LogP contribution in [0.4, 0.5) is 0 Å². The molecular weight excluding hydrogens is 238 g/mol. The third-order valence-corrected chi connectivity index (χ3v) is 3.74. The van der Waals surface area contributed by atoms with Crippen LogP contribution < -0.4 is 5.32 Å². The molecule has 0 aromatic carbocycles. The van der Waals surface area contributed by atoms with Gasteiger partial charge in [0.05, 0.1) is 6.04 Å². The monoisotopic (exact) mass is 261 g/mol. The molecule has 1 aromatic heterocycles. The van der Waals surface area contributed by atoms with Gasteiger partial charge in [-0.05, 0) is 50.8 Å². The summed E-state index contributed by atoms with van der Waals surface area (Å²) < 4.78 is 0. The SMILES string of the molecule is CC(N[C@H](C)c1ccncc1)C(=O)N1CCCCC1. The number of nitrogens with one attached hydrogen (secondary N) is 1. The van der Waals surface area contributed by atoms with Crippen molar-refractivity contribution < 1.29 is 4.79 Å². The summed E-state index contributed by atoms with van der Waals surface area (Å²) in [5.74, 6) is 0.223. The van der Waals surface area contributed by atoms with Gasteiger partial charge in [-0.3, -0.25) is 15.1 Å². The average molecular weight is 261 g/mol. The van der Waals surface area contributed by atoms with Gasteiger partial charge in [0, 0.05) is 31.5 Å². The summed E-state index contributed by atoms with van der Waals surface area (Å²) in [6.45, 7) is 5.85. The number of rotatable bonds is 4. The van der Waals surface area contributed by atoms with Crippen LogP contribution in [0.5, 0.6) is 0 Å². The number of carbonyl (C=O) groups excluding carboxylic acids is 1. The minimum Gasteiger partial charge on any atom is -0.341 e. The first-order chi connectivity index (χ1) is 9.18. The molecule has 1 aliphatic rings. The van der Waals surface area contributed by atoms with Crippen molar-refractivity contribution >= 4 is 5.91 Å². The summed E-state index contributed by atoms with van der Waals surface area (Å²) in [4.78, 5) is 18.3. The fourth-order valence-electron chi connectivity index (χ4n) is 2.58. The zero-order valence-corrected chi connectivity index (χ0v) is 11.8. The van der Waals surface area contributed by atoms with E-state index in [0.717, 1.165) is 31.5 Å². The van der Waals surface area contributed by atoms with E-state index in [-0.39, 0.29) is 18.0 Å². The van der Waals surface area contributed by atoms with Gasteiger partial charge in [0.25, 0.3) is 0 Å². The summed E-state index contributed by atoms with van der Waals surface area (Å²) >= 11 is 0. The Morgan fingerprint density at radius 3 is 2.47 bits per heavy atom. The minimum atomic E-state index is -0.138. The highest BCUT2D eigenvalue weighted by Gasteiger charge is 2.23. The van der Waals surface area contributed by atoms with E-state index in [1.165, 1.54) is 6.42 Å². The van der Waals surface area contributed by atoms with Crippen molar-refractivity contribution in [1.29, 1.82) is 0 Å². The topological polar surface area (TPSA) is 45.2 Å². The second kappa shape index (κ2) is 6.66. The van der Waals surface area contributed by atoms with E-state index in [2.05, 4.69) is 17.2 Å². The molecule has 0 aliphatic carbocycles. The fraction of sp³-hybridized carbons (Fsp3) is 0.600. The summed E-state index contributed by atoms with van der Waals surface area (Å²) in [6, 6.07) is 3.99. The Kier molecular flexibility index (Phi) is 4.91. The summed E-state index contributed by atoms with van der Waals surface area (Å²) in [6.07, 6.45) is 7.09. The van der Waals surface area contributed by atoms with E-state index in [4.69, 9.17) is 0 Å². The summed E-state index contributed by atoms with van der Waals surface area (Å²) in [5, 5.41) is 3.37. The maximum absolute atomic E-state index is 12.3. The first kappa shape index (κ1) is 14.0. The highest BCUT2D eigenvalue weighted by molar-refractivity contribution is 5.81. The van der Waals surface area contributed by atoms with Crippen LogP contribution in [-0.4, -0.2) is 34.9 Å². The van der Waals surface area contributed by atoms with Crippen LogP contribution in [0.2, 0.25) is 0 Å². The van der Waals surface area contributed by atoms with Gasteiger partial charge in [-0.2, -0.15) is 0 Å². The molecule has 2 heterocycles. The number of hydrogen-bond acceptors (Lipinski definition) is 3. The Hall–Kier alpha value is -1.42. The molecule has 104 valence electrons. The van der Waals surface area contributed by atoms with E-state index >= 15 is 0 Å². The molecule has 1 unspecified atom stereocenters. The zero-order valence-electron chi connectivity index (χ0n) is 11.8. The van der Waals surface area contributed by atoms with Gasteiger partial charge in [0.2, 0.25) is 5.91 Å². The van der Waals surface area contributed by atoms with E-state index in [0.29, 0.717) is 0 Å². The smallest absolute Gasteiger partial charge is 0.239 e. The highest BCUT2D eigenvalue weighted by Crippen LogP contribution is 2.14. The first-order valence-electron chi connectivity index (χ1n) is 7.13. The number of pyridine rings is 1. The molecule has 1 amide bonds. The molecule has 1 aromatic rings. The normalized spacial score (nSPS) is 18.9. The first-order valence-corrected chi connectivity index (χ1v) is 7.13. The maximum atomic E-state index is 12.3. The molecule has 0 bridgehead atoms. The van der Waals surface area contributed by atoms with Crippen LogP contribution >= 0.6 is 0 Å². The van der Waals surface area contributed by atoms with E-state index < -0.39 is 0 Å². The molecule has 0 radical (unpaired) electrons. The second-order valence-electron chi connectivity index (χ2n) is 5.28. The molecule has 4 heteroatoms. The van der Waals surface area contributed by atoms with Gasteiger partial charge < -0.3 is 4.90 Å². The minimum absolute atomic E-state index is 0.138.